The first-order valence-corrected chi connectivity index (χ1v) is 25.8. The number of nitrogens with zero attached hydrogens (tertiary/aromatic N) is 5. The zero-order valence-electron chi connectivity index (χ0n) is 43.2. The summed E-state index contributed by atoms with van der Waals surface area (Å²) in [6.07, 6.45) is 8.03. The second kappa shape index (κ2) is 23.4. The van der Waals surface area contributed by atoms with Crippen LogP contribution in [0.1, 0.15) is 107 Å². The number of fused-ring (bicyclic) bond motifs is 5. The molecule has 17 nitrogen and oxygen atoms in total. The highest BCUT2D eigenvalue weighted by Crippen LogP contribution is 2.34. The van der Waals surface area contributed by atoms with E-state index in [9.17, 15) is 42.0 Å². The average molecular weight is 1060 g/mol. The first kappa shape index (κ1) is 54.5. The van der Waals surface area contributed by atoms with E-state index in [-0.39, 0.29) is 62.9 Å². The van der Waals surface area contributed by atoms with Gasteiger partial charge in [0.25, 0.3) is 45.1 Å². The maximum atomic E-state index is 12.1. The number of aryl methyl sites for hydroxylation is 1. The van der Waals surface area contributed by atoms with Crippen LogP contribution in [-0.4, -0.2) is 84.8 Å². The van der Waals surface area contributed by atoms with Crippen molar-refractivity contribution in [1.82, 2.24) is 15.2 Å². The lowest BCUT2D eigenvalue weighted by Crippen LogP contribution is -2.34. The highest BCUT2D eigenvalue weighted by Gasteiger charge is 2.35. The molecule has 5 amide bonds. The van der Waals surface area contributed by atoms with Gasteiger partial charge in [-0.1, -0.05) is 86.1 Å². The minimum atomic E-state index is -3.74. The van der Waals surface area contributed by atoms with E-state index >= 15 is 0 Å². The number of benzene rings is 5. The number of amides is 5. The highest BCUT2D eigenvalue weighted by atomic mass is 32.2. The van der Waals surface area contributed by atoms with Crippen molar-refractivity contribution in [2.24, 2.45) is 16.5 Å². The fourth-order valence-corrected chi connectivity index (χ4v) is 9.52. The molecule has 0 spiro atoms. The largest absolute Gasteiger partial charge is 0.459 e. The molecule has 18 heteroatoms. The summed E-state index contributed by atoms with van der Waals surface area (Å²) in [5.41, 5.74) is 10.6. The van der Waals surface area contributed by atoms with Gasteiger partial charge >= 0.3 is 5.91 Å². The van der Waals surface area contributed by atoms with Crippen LogP contribution in [0.5, 0.6) is 11.5 Å². The van der Waals surface area contributed by atoms with E-state index in [0.29, 0.717) is 39.5 Å². The summed E-state index contributed by atoms with van der Waals surface area (Å²) >= 11 is 0. The van der Waals surface area contributed by atoms with Crippen molar-refractivity contribution in [2.75, 3.05) is 14.1 Å². The first-order valence-electron chi connectivity index (χ1n) is 24.4. The van der Waals surface area contributed by atoms with Crippen molar-refractivity contribution in [1.29, 1.82) is 0 Å². The number of ether oxygens (including phenoxy) is 1. The standard InChI is InChI=1S/C18H12N2O5.C15H16N2O2.C14H13NO3S.C13H10NO/c1-19-15(21)11-5-3-9(7-13(11)17(19)23)25-10-4-6-12-14(8-10)18(24)20(2)16(12)22;1-2-7-13(12-8-4-3-5-9-12)16-17-15(18)14-10-6-11-19-14;1-10-9-14(16)11(2)8-13(10)15-19(17,18)12-6-4-3-5-7-12;1-14-8-4-7-10-9-5-2-3-6-11(9)13(15)12(10)14/h3-8H,1-2H3;3-6,8-11H,2,7H2,1H3,(H,17,18);3-9H,1-2H3;2-8H,1H3/q;;;+1/b;16-13+;;. The molecule has 0 unspecified atom stereocenters. The molecule has 0 atom stereocenters. The molecular weight excluding hydrogens is 1010 g/mol. The molecule has 0 saturated heterocycles. The lowest BCUT2D eigenvalue weighted by Gasteiger charge is -2.09. The Balaban J connectivity index is 0.000000139. The molecule has 2 aromatic heterocycles. The Morgan fingerprint density at radius 3 is 1.76 bits per heavy atom. The molecular formula is C60H51N6O11S+. The Morgan fingerprint density at radius 2 is 1.18 bits per heavy atom. The molecule has 4 aliphatic rings. The van der Waals surface area contributed by atoms with Crippen molar-refractivity contribution < 1.29 is 55.7 Å². The quantitative estimate of drug-likeness (QED) is 0.0472. The van der Waals surface area contributed by atoms with Gasteiger partial charge in [0.05, 0.1) is 50.4 Å². The third-order valence-corrected chi connectivity index (χ3v) is 13.9. The number of ketones is 2. The third-order valence-electron chi connectivity index (χ3n) is 12.6. The number of pyridine rings is 1. The molecule has 2 aliphatic heterocycles. The smallest absolute Gasteiger partial charge is 0.307 e. The number of carbonyl (C=O) groups excluding carboxylic acids is 7. The molecule has 4 heterocycles. The van der Waals surface area contributed by atoms with Crippen LogP contribution in [0.2, 0.25) is 0 Å². The second-order valence-electron chi connectivity index (χ2n) is 18.0. The van der Waals surface area contributed by atoms with Gasteiger partial charge in [-0.2, -0.15) is 22.5 Å². The molecule has 0 bridgehead atoms. The first-order chi connectivity index (χ1) is 37.4. The number of carbonyl (C=O) groups is 7. The van der Waals surface area contributed by atoms with Gasteiger partial charge in [0.1, 0.15) is 18.5 Å². The fourth-order valence-electron chi connectivity index (χ4n) is 8.46. The summed E-state index contributed by atoms with van der Waals surface area (Å²) in [5, 5.41) is 4.20. The number of imide groups is 2. The second-order valence-corrected chi connectivity index (χ2v) is 19.6. The van der Waals surface area contributed by atoms with Crippen LogP contribution in [0, 0.1) is 0 Å². The number of sulfonamides is 1. The van der Waals surface area contributed by atoms with Crippen molar-refractivity contribution in [3.8, 4) is 22.6 Å². The molecule has 2 aliphatic carbocycles. The van der Waals surface area contributed by atoms with E-state index in [1.165, 1.54) is 68.9 Å². The number of hydrogen-bond acceptors (Lipinski definition) is 12. The van der Waals surface area contributed by atoms with Gasteiger partial charge in [0.2, 0.25) is 0 Å². The van der Waals surface area contributed by atoms with Gasteiger partial charge in [-0.25, -0.2) is 5.43 Å². The van der Waals surface area contributed by atoms with Gasteiger partial charge in [0.15, 0.2) is 17.7 Å². The van der Waals surface area contributed by atoms with Crippen LogP contribution in [0.15, 0.2) is 200 Å². The molecule has 1 N–H and O–H groups in total. The Hall–Kier alpha value is -9.81. The predicted molar refractivity (Wildman–Crippen MR) is 290 cm³/mol. The summed E-state index contributed by atoms with van der Waals surface area (Å²) in [6.45, 7) is 5.38. The maximum absolute atomic E-state index is 12.1. The zero-order valence-corrected chi connectivity index (χ0v) is 44.0. The maximum Gasteiger partial charge on any atom is 0.307 e. The predicted octanol–water partition coefficient (Wildman–Crippen LogP) is 9.16. The van der Waals surface area contributed by atoms with Gasteiger partial charge in [-0.3, -0.25) is 43.4 Å². The van der Waals surface area contributed by atoms with Gasteiger partial charge in [-0.05, 0) is 121 Å². The molecule has 0 radical (unpaired) electrons. The van der Waals surface area contributed by atoms with Crippen molar-refractivity contribution in [2.45, 2.75) is 38.5 Å². The normalized spacial score (nSPS) is 14.6. The van der Waals surface area contributed by atoms with Crippen LogP contribution < -0.4 is 14.7 Å². The number of allylic oxidation sites excluding steroid dienone is 4. The third kappa shape index (κ3) is 11.7. The van der Waals surface area contributed by atoms with Crippen molar-refractivity contribution in [3.63, 3.8) is 0 Å². The SMILES string of the molecule is CC1=CC(=NS(=O)(=O)c2ccccc2)C(C)=CC1=O.CCC/C(=N\NC(=O)c1ccco1)c1ccccc1.CN1C(=O)c2ccc(Oc3ccc4c(c3)C(=O)N(C)C4=O)cc2C1=O.C[n+]1cccc2c1C(=O)c1ccccc1-2. The van der Waals surface area contributed by atoms with Gasteiger partial charge in [0, 0.05) is 25.7 Å². The number of hydrogen-bond donors (Lipinski definition) is 1. The van der Waals surface area contributed by atoms with E-state index in [1.54, 1.807) is 56.3 Å². The molecule has 0 saturated carbocycles. The summed E-state index contributed by atoms with van der Waals surface area (Å²) in [6, 6.07) is 42.0. The molecule has 7 aromatic rings. The van der Waals surface area contributed by atoms with E-state index in [2.05, 4.69) is 21.8 Å². The van der Waals surface area contributed by atoms with Crippen LogP contribution in [0.3, 0.4) is 0 Å². The topological polar surface area (TPSA) is 223 Å². The van der Waals surface area contributed by atoms with Crippen molar-refractivity contribution >= 4 is 62.5 Å². The number of nitrogens with one attached hydrogen (secondary N) is 1. The number of furan rings is 1. The van der Waals surface area contributed by atoms with E-state index in [0.717, 1.165) is 56.3 Å². The van der Waals surface area contributed by atoms with E-state index in [1.807, 2.05) is 84.5 Å². The monoisotopic (exact) mass is 1060 g/mol. The van der Waals surface area contributed by atoms with E-state index < -0.39 is 10.0 Å². The molecule has 5 aromatic carbocycles. The molecule has 392 valence electrons. The lowest BCUT2D eigenvalue weighted by molar-refractivity contribution is -0.672. The number of rotatable bonds is 9. The number of aromatic nitrogens is 1. The summed E-state index contributed by atoms with van der Waals surface area (Å²) < 4.78 is 40.6. The van der Waals surface area contributed by atoms with Crippen LogP contribution in [0.4, 0.5) is 0 Å². The summed E-state index contributed by atoms with van der Waals surface area (Å²) in [4.78, 5) is 85.4. The summed E-state index contributed by atoms with van der Waals surface area (Å²) in [5.74, 6) is -0.823. The zero-order chi connectivity index (χ0) is 55.8. The number of hydrazone groups is 1. The Bertz CT molecular complexity index is 3730. The Kier molecular flexibility index (Phi) is 16.3. The van der Waals surface area contributed by atoms with Crippen LogP contribution in [-0.2, 0) is 21.9 Å². The molecule has 11 rings (SSSR count). The Morgan fingerprint density at radius 1 is 0.628 bits per heavy atom. The fraction of sp³-hybridized carbons (Fsp3) is 0.133. The summed E-state index contributed by atoms with van der Waals surface area (Å²) in [7, 11) is 1.01. The van der Waals surface area contributed by atoms with Gasteiger partial charge < -0.3 is 9.15 Å². The highest BCUT2D eigenvalue weighted by molar-refractivity contribution is 7.90. The molecule has 0 fully saturated rings. The van der Waals surface area contributed by atoms with Crippen LogP contribution in [0.25, 0.3) is 11.1 Å². The minimum Gasteiger partial charge on any atom is -0.459 e. The lowest BCUT2D eigenvalue weighted by atomic mass is 9.99. The molecule has 78 heavy (non-hydrogen) atoms. The van der Waals surface area contributed by atoms with Gasteiger partial charge in [-0.15, -0.1) is 0 Å². The van der Waals surface area contributed by atoms with Crippen LogP contribution >= 0.6 is 0 Å². The van der Waals surface area contributed by atoms with Crippen molar-refractivity contribution in [3.05, 3.63) is 226 Å². The average Bonchev–Trinajstić information content (AvgIpc) is 4.25. The Labute approximate surface area is 449 Å². The van der Waals surface area contributed by atoms with E-state index in [4.69, 9.17) is 9.15 Å². The minimum absolute atomic E-state index is 0.117.